The van der Waals surface area contributed by atoms with Crippen molar-refractivity contribution in [2.24, 2.45) is 0 Å². The number of ether oxygens (including phenoxy) is 1. The number of hydrogen-bond donors (Lipinski definition) is 2. The summed E-state index contributed by atoms with van der Waals surface area (Å²) in [4.78, 5) is 4.36. The molecule has 0 radical (unpaired) electrons. The zero-order valence-electron chi connectivity index (χ0n) is 15.0. The minimum atomic E-state index is 0.636. The molecule has 0 aliphatic carbocycles. The van der Waals surface area contributed by atoms with E-state index in [0.717, 1.165) is 39.5 Å². The molecular formula is C22H20N4O. The van der Waals surface area contributed by atoms with Crippen LogP contribution in [0.3, 0.4) is 0 Å². The molecule has 0 saturated carbocycles. The standard InChI is InChI=1S/C22H20N4O/c1-27-22-10-6-5-9-20(22)17-11-18(14-23-13-17)24-15-19-12-21(26-25-19)16-7-3-2-4-8-16/h2-14,24H,15H2,1H3,(H,25,26). The normalized spacial score (nSPS) is 10.6. The second-order valence-corrected chi connectivity index (χ2v) is 6.16. The minimum absolute atomic E-state index is 0.636. The second kappa shape index (κ2) is 7.74. The fourth-order valence-corrected chi connectivity index (χ4v) is 2.97. The molecule has 4 rings (SSSR count). The molecule has 0 saturated heterocycles. The molecule has 2 aromatic carbocycles. The maximum Gasteiger partial charge on any atom is 0.126 e. The van der Waals surface area contributed by atoms with E-state index in [0.29, 0.717) is 6.54 Å². The number of nitrogens with one attached hydrogen (secondary N) is 2. The number of nitrogens with zero attached hydrogens (tertiary/aromatic N) is 2. The Morgan fingerprint density at radius 2 is 1.74 bits per heavy atom. The number of hydrogen-bond acceptors (Lipinski definition) is 4. The first-order chi connectivity index (χ1) is 13.3. The number of H-pyrrole nitrogens is 1. The molecule has 2 N–H and O–H groups in total. The number of pyridine rings is 1. The van der Waals surface area contributed by atoms with Crippen LogP contribution in [0.15, 0.2) is 79.1 Å². The van der Waals surface area contributed by atoms with Gasteiger partial charge in [0.25, 0.3) is 0 Å². The van der Waals surface area contributed by atoms with Crippen molar-refractivity contribution in [1.29, 1.82) is 0 Å². The first kappa shape index (κ1) is 16.8. The number of para-hydroxylation sites is 1. The lowest BCUT2D eigenvalue weighted by Gasteiger charge is -2.10. The number of rotatable bonds is 6. The SMILES string of the molecule is COc1ccccc1-c1cncc(NCc2cc(-c3ccccc3)n[nH]2)c1. The number of aromatic amines is 1. The van der Waals surface area contributed by atoms with Gasteiger partial charge in [-0.25, -0.2) is 0 Å². The fraction of sp³-hybridized carbons (Fsp3) is 0.0909. The minimum Gasteiger partial charge on any atom is -0.496 e. The molecule has 2 aromatic heterocycles. The van der Waals surface area contributed by atoms with Gasteiger partial charge in [-0.1, -0.05) is 48.5 Å². The Hall–Kier alpha value is -3.60. The van der Waals surface area contributed by atoms with Crippen molar-refractivity contribution in [3.63, 3.8) is 0 Å². The Balaban J connectivity index is 1.49. The highest BCUT2D eigenvalue weighted by Crippen LogP contribution is 2.30. The lowest BCUT2D eigenvalue weighted by molar-refractivity contribution is 0.416. The molecule has 5 nitrogen and oxygen atoms in total. The van der Waals surface area contributed by atoms with Crippen LogP contribution in [0, 0.1) is 0 Å². The van der Waals surface area contributed by atoms with E-state index in [4.69, 9.17) is 4.74 Å². The van der Waals surface area contributed by atoms with E-state index in [1.165, 1.54) is 0 Å². The van der Waals surface area contributed by atoms with Crippen LogP contribution in [0.5, 0.6) is 5.75 Å². The summed E-state index contributed by atoms with van der Waals surface area (Å²) in [6, 6.07) is 22.2. The van der Waals surface area contributed by atoms with Gasteiger partial charge in [-0.3, -0.25) is 10.1 Å². The fourth-order valence-electron chi connectivity index (χ4n) is 2.97. The van der Waals surface area contributed by atoms with Crippen LogP contribution in [0.4, 0.5) is 5.69 Å². The largest absolute Gasteiger partial charge is 0.496 e. The average Bonchev–Trinajstić information content (AvgIpc) is 3.22. The van der Waals surface area contributed by atoms with Gasteiger partial charge in [-0.05, 0) is 18.2 Å². The lowest BCUT2D eigenvalue weighted by Crippen LogP contribution is -2.00. The molecule has 0 atom stereocenters. The molecular weight excluding hydrogens is 336 g/mol. The van der Waals surface area contributed by atoms with E-state index in [2.05, 4.69) is 32.6 Å². The molecule has 0 spiro atoms. The first-order valence-electron chi connectivity index (χ1n) is 8.75. The Morgan fingerprint density at radius 3 is 2.59 bits per heavy atom. The van der Waals surface area contributed by atoms with E-state index in [1.54, 1.807) is 7.11 Å². The van der Waals surface area contributed by atoms with Gasteiger partial charge in [0.15, 0.2) is 0 Å². The predicted molar refractivity (Wildman–Crippen MR) is 108 cm³/mol. The molecule has 0 unspecified atom stereocenters. The molecule has 134 valence electrons. The van der Waals surface area contributed by atoms with Crippen molar-refractivity contribution in [2.45, 2.75) is 6.54 Å². The molecule has 5 heteroatoms. The Morgan fingerprint density at radius 1 is 0.926 bits per heavy atom. The van der Waals surface area contributed by atoms with Crippen molar-refractivity contribution in [2.75, 3.05) is 12.4 Å². The third-order valence-corrected chi connectivity index (χ3v) is 4.34. The lowest BCUT2D eigenvalue weighted by atomic mass is 10.1. The van der Waals surface area contributed by atoms with Gasteiger partial charge in [0.2, 0.25) is 0 Å². The molecule has 0 bridgehead atoms. The molecule has 0 amide bonds. The topological polar surface area (TPSA) is 62.8 Å². The van der Waals surface area contributed by atoms with E-state index in [1.807, 2.05) is 67.0 Å². The van der Waals surface area contributed by atoms with E-state index < -0.39 is 0 Å². The Kier molecular flexibility index (Phi) is 4.83. The summed E-state index contributed by atoms with van der Waals surface area (Å²) in [7, 11) is 1.68. The van der Waals surface area contributed by atoms with E-state index in [-0.39, 0.29) is 0 Å². The summed E-state index contributed by atoms with van der Waals surface area (Å²) in [5.41, 5.74) is 6.01. The molecule has 27 heavy (non-hydrogen) atoms. The third kappa shape index (κ3) is 3.82. The monoisotopic (exact) mass is 356 g/mol. The molecule has 0 aliphatic rings. The van der Waals surface area contributed by atoms with Crippen molar-refractivity contribution in [3.05, 3.63) is 84.8 Å². The third-order valence-electron chi connectivity index (χ3n) is 4.34. The average molecular weight is 356 g/mol. The zero-order chi connectivity index (χ0) is 18.5. The number of anilines is 1. The maximum atomic E-state index is 5.45. The van der Waals surface area contributed by atoms with Crippen molar-refractivity contribution in [1.82, 2.24) is 15.2 Å². The van der Waals surface area contributed by atoms with Crippen LogP contribution >= 0.6 is 0 Å². The summed E-state index contributed by atoms with van der Waals surface area (Å²) in [6.45, 7) is 0.636. The number of benzene rings is 2. The highest BCUT2D eigenvalue weighted by Gasteiger charge is 2.07. The van der Waals surface area contributed by atoms with Crippen molar-refractivity contribution in [3.8, 4) is 28.1 Å². The molecule has 2 heterocycles. The molecule has 4 aromatic rings. The van der Waals surface area contributed by atoms with Crippen LogP contribution in [-0.2, 0) is 6.54 Å². The summed E-state index contributed by atoms with van der Waals surface area (Å²) < 4.78 is 5.45. The van der Waals surface area contributed by atoms with Gasteiger partial charge in [0.05, 0.1) is 30.7 Å². The van der Waals surface area contributed by atoms with Gasteiger partial charge < -0.3 is 10.1 Å². The van der Waals surface area contributed by atoms with Crippen molar-refractivity contribution >= 4 is 5.69 Å². The van der Waals surface area contributed by atoms with E-state index in [9.17, 15) is 0 Å². The second-order valence-electron chi connectivity index (χ2n) is 6.16. The summed E-state index contributed by atoms with van der Waals surface area (Å²) in [5, 5.41) is 10.9. The Bertz CT molecular complexity index is 1030. The van der Waals surface area contributed by atoms with Crippen LogP contribution < -0.4 is 10.1 Å². The first-order valence-corrected chi connectivity index (χ1v) is 8.75. The number of methoxy groups -OCH3 is 1. The summed E-state index contributed by atoms with van der Waals surface area (Å²) in [5.74, 6) is 0.831. The Labute approximate surface area is 158 Å². The van der Waals surface area contributed by atoms with Crippen LogP contribution in [0.1, 0.15) is 5.69 Å². The smallest absolute Gasteiger partial charge is 0.126 e. The van der Waals surface area contributed by atoms with E-state index >= 15 is 0 Å². The highest BCUT2D eigenvalue weighted by atomic mass is 16.5. The summed E-state index contributed by atoms with van der Waals surface area (Å²) >= 11 is 0. The zero-order valence-corrected chi connectivity index (χ0v) is 15.0. The van der Waals surface area contributed by atoms with Gasteiger partial charge in [-0.15, -0.1) is 0 Å². The highest BCUT2D eigenvalue weighted by molar-refractivity contribution is 5.72. The van der Waals surface area contributed by atoms with Gasteiger partial charge in [-0.2, -0.15) is 5.10 Å². The van der Waals surface area contributed by atoms with Gasteiger partial charge in [0.1, 0.15) is 5.75 Å². The molecule has 0 aliphatic heterocycles. The van der Waals surface area contributed by atoms with Crippen LogP contribution in [-0.4, -0.2) is 22.3 Å². The quantitative estimate of drug-likeness (QED) is 0.523. The van der Waals surface area contributed by atoms with Crippen LogP contribution in [0.25, 0.3) is 22.4 Å². The maximum absolute atomic E-state index is 5.45. The van der Waals surface area contributed by atoms with Gasteiger partial charge in [0, 0.05) is 29.1 Å². The summed E-state index contributed by atoms with van der Waals surface area (Å²) in [6.07, 6.45) is 3.65. The van der Waals surface area contributed by atoms with Crippen molar-refractivity contribution < 1.29 is 4.74 Å². The number of aromatic nitrogens is 3. The predicted octanol–water partition coefficient (Wildman–Crippen LogP) is 4.76. The van der Waals surface area contributed by atoms with Crippen LogP contribution in [0.2, 0.25) is 0 Å². The van der Waals surface area contributed by atoms with Gasteiger partial charge >= 0.3 is 0 Å². The molecule has 0 fully saturated rings.